The van der Waals surface area contributed by atoms with Crippen molar-refractivity contribution in [3.63, 3.8) is 0 Å². The summed E-state index contributed by atoms with van der Waals surface area (Å²) in [5, 5.41) is 0. The van der Waals surface area contributed by atoms with Crippen molar-refractivity contribution >= 4 is 42.7 Å². The van der Waals surface area contributed by atoms with Crippen LogP contribution in [-0.2, 0) is 3.07 Å². The molecule has 0 amide bonds. The van der Waals surface area contributed by atoms with Gasteiger partial charge in [0.05, 0.1) is 0 Å². The zero-order chi connectivity index (χ0) is 12.6. The van der Waals surface area contributed by atoms with Crippen LogP contribution in [0.4, 0.5) is 0 Å². The van der Waals surface area contributed by atoms with Gasteiger partial charge in [0.2, 0.25) is 0 Å². The fraction of sp³-hybridized carbons (Fsp3) is 1.00. The molecule has 0 aromatic rings. The predicted octanol–water partition coefficient (Wildman–Crippen LogP) is 4.60. The van der Waals surface area contributed by atoms with Crippen LogP contribution in [-0.4, -0.2) is 49.8 Å². The molecule has 0 rings (SSSR count). The van der Waals surface area contributed by atoms with Crippen LogP contribution < -0.4 is 0 Å². The minimum absolute atomic E-state index is 0.839. The summed E-state index contributed by atoms with van der Waals surface area (Å²) >= 11 is 0.296. The first-order valence-electron chi connectivity index (χ1n) is 6.79. The van der Waals surface area contributed by atoms with E-state index in [1.54, 1.807) is 20.4 Å². The Bertz CT molecular complexity index is 91.1. The van der Waals surface area contributed by atoms with Crippen molar-refractivity contribution in [3.05, 3.63) is 0 Å². The Morgan fingerprint density at radius 1 is 0.812 bits per heavy atom. The minimum atomic E-state index is -0.839. The van der Waals surface area contributed by atoms with E-state index in [1.165, 1.54) is 38.5 Å². The Balaban J connectivity index is 0. The number of hydrogen-bond acceptors (Lipinski definition) is 1. The Hall–Kier alpha value is 1.56. The van der Waals surface area contributed by atoms with Gasteiger partial charge in [-0.2, -0.15) is 0 Å². The molecule has 0 saturated heterocycles. The summed E-state index contributed by atoms with van der Waals surface area (Å²) < 4.78 is 9.38. The van der Waals surface area contributed by atoms with E-state index in [2.05, 4.69) is 23.8 Å². The van der Waals surface area contributed by atoms with E-state index in [4.69, 9.17) is 0 Å². The third-order valence-corrected chi connectivity index (χ3v) is 11.7. The van der Waals surface area contributed by atoms with Crippen LogP contribution in [0.5, 0.6) is 0 Å². The third kappa shape index (κ3) is 17.9. The molecule has 0 aromatic carbocycles. The van der Waals surface area contributed by atoms with Crippen LogP contribution in [0.15, 0.2) is 0 Å². The standard InChI is InChI=1S/3C4H9.CH3O.2Sn/c3*1-3-4-2;1-2;;/h3*1,3-4H2,2H3;1H3;;/q;;;-1;;+1. The first-order valence-corrected chi connectivity index (χ1v) is 14.0. The van der Waals surface area contributed by atoms with Crippen LogP contribution in [0.3, 0.4) is 0 Å². The Morgan fingerprint density at radius 2 is 1.06 bits per heavy atom. The molecular formula is C13H30OSn2. The Labute approximate surface area is 124 Å². The van der Waals surface area contributed by atoms with Crippen molar-refractivity contribution in [3.8, 4) is 0 Å². The van der Waals surface area contributed by atoms with Gasteiger partial charge in [-0.05, 0) is 0 Å². The van der Waals surface area contributed by atoms with Gasteiger partial charge < -0.3 is 0 Å². The second kappa shape index (κ2) is 18.9. The molecule has 0 fully saturated rings. The number of hydrogen-bond donors (Lipinski definition) is 0. The molecule has 0 aliphatic carbocycles. The molecule has 0 saturated carbocycles. The molecule has 0 atom stereocenters. The molecule has 0 aliphatic heterocycles. The summed E-state index contributed by atoms with van der Waals surface area (Å²) in [7, 11) is 1.66. The van der Waals surface area contributed by atoms with Gasteiger partial charge in [0.1, 0.15) is 0 Å². The average Bonchev–Trinajstić information content (AvgIpc) is 2.29. The van der Waals surface area contributed by atoms with Gasteiger partial charge in [0.25, 0.3) is 0 Å². The summed E-state index contributed by atoms with van der Waals surface area (Å²) in [6, 6.07) is 0. The second-order valence-corrected chi connectivity index (χ2v) is 14.0. The van der Waals surface area contributed by atoms with Crippen molar-refractivity contribution < 1.29 is 3.07 Å². The first-order chi connectivity index (χ1) is 7.76. The molecule has 0 N–H and O–H groups in total. The van der Waals surface area contributed by atoms with E-state index in [-0.39, 0.29) is 0 Å². The van der Waals surface area contributed by atoms with Gasteiger partial charge in [-0.1, -0.05) is 0 Å². The van der Waals surface area contributed by atoms with E-state index < -0.39 is 19.8 Å². The maximum atomic E-state index is 4.34. The summed E-state index contributed by atoms with van der Waals surface area (Å²) in [5.41, 5.74) is 0. The summed E-state index contributed by atoms with van der Waals surface area (Å²) in [4.78, 5) is 0. The van der Waals surface area contributed by atoms with Crippen LogP contribution >= 0.6 is 0 Å². The molecule has 0 aliphatic rings. The summed E-state index contributed by atoms with van der Waals surface area (Å²) in [6.07, 6.45) is 8.85. The van der Waals surface area contributed by atoms with Gasteiger partial charge >= 0.3 is 125 Å². The fourth-order valence-corrected chi connectivity index (χ4v) is 11.1. The molecule has 96 valence electrons. The van der Waals surface area contributed by atoms with E-state index in [0.717, 1.165) is 22.9 Å². The monoisotopic (exact) mass is 442 g/mol. The van der Waals surface area contributed by atoms with Gasteiger partial charge in [0, 0.05) is 0 Å². The van der Waals surface area contributed by atoms with Crippen molar-refractivity contribution in [1.82, 2.24) is 0 Å². The van der Waals surface area contributed by atoms with Crippen molar-refractivity contribution in [1.29, 1.82) is 0 Å². The molecule has 0 heterocycles. The molecule has 16 heavy (non-hydrogen) atoms. The van der Waals surface area contributed by atoms with Crippen LogP contribution in [0.1, 0.15) is 59.3 Å². The molecular weight excluding hydrogens is 410 g/mol. The van der Waals surface area contributed by atoms with Crippen LogP contribution in [0.25, 0.3) is 0 Å². The van der Waals surface area contributed by atoms with Gasteiger partial charge in [-0.3, -0.25) is 0 Å². The molecule has 3 heteroatoms. The van der Waals surface area contributed by atoms with Gasteiger partial charge in [-0.15, -0.1) is 0 Å². The van der Waals surface area contributed by atoms with Crippen molar-refractivity contribution in [2.45, 2.75) is 72.6 Å². The quantitative estimate of drug-likeness (QED) is 0.477. The average molecular weight is 440 g/mol. The Morgan fingerprint density at radius 3 is 1.25 bits per heavy atom. The number of rotatable bonds is 9. The zero-order valence-corrected chi connectivity index (χ0v) is 17.5. The normalized spacial score (nSPS) is 10.1. The molecule has 0 aromatic heterocycles. The third-order valence-electron chi connectivity index (χ3n) is 2.65. The Kier molecular flexibility index (Phi) is 23.5. The predicted molar refractivity (Wildman–Crippen MR) is 77.7 cm³/mol. The number of unbranched alkanes of at least 4 members (excludes halogenated alkanes) is 3. The summed E-state index contributed by atoms with van der Waals surface area (Å²) in [5.74, 6) is 0. The van der Waals surface area contributed by atoms with E-state index >= 15 is 0 Å². The topological polar surface area (TPSA) is 9.23 Å². The maximum absolute atomic E-state index is 4.34. The van der Waals surface area contributed by atoms with E-state index in [1.807, 2.05) is 0 Å². The van der Waals surface area contributed by atoms with Crippen molar-refractivity contribution in [2.75, 3.05) is 7.11 Å². The zero-order valence-electron chi connectivity index (χ0n) is 11.8. The summed E-state index contributed by atoms with van der Waals surface area (Å²) in [6.45, 7) is 7.00. The van der Waals surface area contributed by atoms with Gasteiger partial charge in [0.15, 0.2) is 0 Å². The van der Waals surface area contributed by atoms with Crippen LogP contribution in [0, 0.1) is 0 Å². The second-order valence-electron chi connectivity index (χ2n) is 4.26. The van der Waals surface area contributed by atoms with E-state index in [9.17, 15) is 0 Å². The molecule has 0 unspecified atom stereocenters. The molecule has 1 nitrogen and oxygen atoms in total. The molecule has 4 radical (unpaired) electrons. The van der Waals surface area contributed by atoms with Crippen molar-refractivity contribution in [2.24, 2.45) is 0 Å². The van der Waals surface area contributed by atoms with Crippen LogP contribution in [0.2, 0.25) is 13.3 Å². The van der Waals surface area contributed by atoms with Gasteiger partial charge in [-0.25, -0.2) is 0 Å². The van der Waals surface area contributed by atoms with E-state index in [0.29, 0.717) is 0 Å². The fourth-order valence-electron chi connectivity index (χ4n) is 1.66. The molecule has 0 bridgehead atoms. The first kappa shape index (κ1) is 19.9. The SMILES string of the molecule is CCC[CH2][Sn]([CH2]CCC)[CH2]CCC.C[O][Sn]. The molecule has 0 spiro atoms.